The topological polar surface area (TPSA) is 29.0 Å². The first-order valence-electron chi connectivity index (χ1n) is 13.7. The molecule has 0 atom stereocenters. The average molecular weight is 733 g/mol. The van der Waals surface area contributed by atoms with Gasteiger partial charge in [-0.25, -0.2) is 0 Å². The van der Waals surface area contributed by atoms with Crippen LogP contribution < -0.4 is 15.7 Å². The number of pyridine rings is 1. The largest absolute Gasteiger partial charge is 2.00 e. The molecule has 0 saturated heterocycles. The second-order valence-electron chi connectivity index (χ2n) is 10.4. The molecule has 0 saturated carbocycles. The Balaban J connectivity index is 0.00000267. The summed E-state index contributed by atoms with van der Waals surface area (Å²) in [4.78, 5) is 12.0. The molecule has 2 aliphatic heterocycles. The van der Waals surface area contributed by atoms with E-state index in [4.69, 9.17) is 4.98 Å². The number of nitrogens with zero attached hydrogens (tertiary/aromatic N) is 3. The standard InChI is InChI=1S/C36H20BN3S.Pt/c1-3-11-29-25(9-1)27-18-16-23(31-13-7-8-20-38-31)21-33(27)40-34-22-24(36-39-32-14-5-6-15-35(32)41-36)17-19-28(34)26-10-2-4-12-30(26)37(29)40;/h1-20H;/q-2;+2. The molecule has 0 radical (unpaired) electrons. The van der Waals surface area contributed by atoms with E-state index in [9.17, 15) is 0 Å². The van der Waals surface area contributed by atoms with Crippen LogP contribution in [-0.4, -0.2) is 16.8 Å². The maximum atomic E-state index is 4.97. The first-order chi connectivity index (χ1) is 20.3. The minimum Gasteiger partial charge on any atom is -0.407 e. The van der Waals surface area contributed by atoms with Crippen molar-refractivity contribution in [3.63, 3.8) is 0 Å². The molecule has 5 aromatic carbocycles. The number of benzene rings is 5. The summed E-state index contributed by atoms with van der Waals surface area (Å²) >= 11 is 1.71. The van der Waals surface area contributed by atoms with E-state index in [1.807, 2.05) is 30.5 Å². The van der Waals surface area contributed by atoms with Crippen molar-refractivity contribution in [3.05, 3.63) is 134 Å². The van der Waals surface area contributed by atoms with Crippen molar-refractivity contribution in [3.8, 4) is 44.1 Å². The Labute approximate surface area is 262 Å². The van der Waals surface area contributed by atoms with Crippen LogP contribution in [0.5, 0.6) is 0 Å². The van der Waals surface area contributed by atoms with E-state index in [1.54, 1.807) is 11.3 Å². The number of hydrogen-bond acceptors (Lipinski definition) is 4. The fraction of sp³-hybridized carbons (Fsp3) is 0. The number of aromatic nitrogens is 2. The Morgan fingerprint density at radius 1 is 0.595 bits per heavy atom. The van der Waals surface area contributed by atoms with Crippen LogP contribution in [0.3, 0.4) is 0 Å². The monoisotopic (exact) mass is 732 g/mol. The van der Waals surface area contributed by atoms with Crippen molar-refractivity contribution < 1.29 is 21.1 Å². The summed E-state index contributed by atoms with van der Waals surface area (Å²) in [5.41, 5.74) is 13.4. The number of hydrogen-bond donors (Lipinski definition) is 0. The minimum absolute atomic E-state index is 0. The predicted molar refractivity (Wildman–Crippen MR) is 170 cm³/mol. The summed E-state index contributed by atoms with van der Waals surface area (Å²) in [5, 5.41) is 0.980. The van der Waals surface area contributed by atoms with Crippen LogP contribution in [0.1, 0.15) is 0 Å². The Kier molecular flexibility index (Phi) is 5.99. The molecule has 3 nitrogen and oxygen atoms in total. The third-order valence-electron chi connectivity index (χ3n) is 8.15. The number of anilines is 2. The molecule has 2 aliphatic rings. The van der Waals surface area contributed by atoms with Gasteiger partial charge >= 0.3 is 27.9 Å². The van der Waals surface area contributed by atoms with Crippen molar-refractivity contribution in [2.75, 3.05) is 4.81 Å². The zero-order chi connectivity index (χ0) is 26.9. The third-order valence-corrected chi connectivity index (χ3v) is 9.22. The summed E-state index contributed by atoms with van der Waals surface area (Å²) in [5.74, 6) is 0. The Morgan fingerprint density at radius 2 is 1.21 bits per heavy atom. The molecule has 198 valence electrons. The summed E-state index contributed by atoms with van der Waals surface area (Å²) < 4.78 is 1.18. The quantitative estimate of drug-likeness (QED) is 0.136. The van der Waals surface area contributed by atoms with Crippen LogP contribution in [0.15, 0.2) is 121 Å². The van der Waals surface area contributed by atoms with Gasteiger partial charge < -0.3 is 9.79 Å². The molecule has 6 heteroatoms. The average Bonchev–Trinajstić information content (AvgIpc) is 3.49. The fourth-order valence-corrected chi connectivity index (χ4v) is 7.29. The predicted octanol–water partition coefficient (Wildman–Crippen LogP) is 7.53. The molecule has 42 heavy (non-hydrogen) atoms. The van der Waals surface area contributed by atoms with Gasteiger partial charge in [0.1, 0.15) is 0 Å². The fourth-order valence-electron chi connectivity index (χ4n) is 6.34. The van der Waals surface area contributed by atoms with E-state index in [0.29, 0.717) is 0 Å². The van der Waals surface area contributed by atoms with Crippen LogP contribution in [0.25, 0.3) is 54.3 Å². The van der Waals surface area contributed by atoms with Crippen LogP contribution in [0, 0.1) is 12.1 Å². The van der Waals surface area contributed by atoms with Crippen LogP contribution in [-0.2, 0) is 21.1 Å². The molecular weight excluding hydrogens is 712 g/mol. The maximum Gasteiger partial charge on any atom is 2.00 e. The SMILES string of the molecule is [Pt+2].[c-]1c(-c2ccccn2)ccc2c1N1B(c3ccccc3-2)c2ccccc2-c2ccc(-c3nc4ccccc4s3)[c-]c21. The van der Waals surface area contributed by atoms with Gasteiger partial charge in [0.2, 0.25) is 0 Å². The zero-order valence-corrected chi connectivity index (χ0v) is 25.3. The molecule has 0 unspecified atom stereocenters. The van der Waals surface area contributed by atoms with Crippen LogP contribution in [0.2, 0.25) is 0 Å². The molecule has 0 spiro atoms. The van der Waals surface area contributed by atoms with Gasteiger partial charge in [0, 0.05) is 15.9 Å². The van der Waals surface area contributed by atoms with E-state index >= 15 is 0 Å². The minimum atomic E-state index is -0.000463. The van der Waals surface area contributed by atoms with Crippen molar-refractivity contribution in [1.82, 2.24) is 9.97 Å². The summed E-state index contributed by atoms with van der Waals surface area (Å²) in [6.45, 7) is -0.000463. The first-order valence-corrected chi connectivity index (χ1v) is 14.5. The first kappa shape index (κ1) is 25.4. The van der Waals surface area contributed by atoms with E-state index in [1.165, 1.54) is 37.9 Å². The summed E-state index contributed by atoms with van der Waals surface area (Å²) in [6.07, 6.45) is 1.84. The smallest absolute Gasteiger partial charge is 0.407 e. The molecular formula is C36H20BN3PtS. The molecule has 0 N–H and O–H groups in total. The van der Waals surface area contributed by atoms with Gasteiger partial charge in [-0.3, -0.25) is 4.98 Å². The van der Waals surface area contributed by atoms with E-state index in [0.717, 1.165) is 38.7 Å². The molecule has 4 heterocycles. The Bertz CT molecular complexity index is 2110. The van der Waals surface area contributed by atoms with Gasteiger partial charge in [0.05, 0.1) is 5.52 Å². The molecule has 0 bridgehead atoms. The van der Waals surface area contributed by atoms with Crippen molar-refractivity contribution >= 4 is 50.7 Å². The number of para-hydroxylation sites is 1. The van der Waals surface area contributed by atoms with Crippen LogP contribution in [0.4, 0.5) is 11.4 Å². The van der Waals surface area contributed by atoms with Gasteiger partial charge in [-0.2, -0.15) is 11.3 Å². The van der Waals surface area contributed by atoms with Gasteiger partial charge in [0.15, 0.2) is 0 Å². The van der Waals surface area contributed by atoms with Crippen molar-refractivity contribution in [1.29, 1.82) is 0 Å². The molecule has 0 fully saturated rings. The second kappa shape index (κ2) is 9.91. The number of fused-ring (bicyclic) bond motifs is 12. The Hall–Kier alpha value is -4.31. The normalized spacial score (nSPS) is 12.5. The van der Waals surface area contributed by atoms with Gasteiger partial charge in [0.25, 0.3) is 0 Å². The molecule has 0 aliphatic carbocycles. The van der Waals surface area contributed by atoms with Gasteiger partial charge in [-0.1, -0.05) is 117 Å². The van der Waals surface area contributed by atoms with Crippen LogP contribution >= 0.6 is 11.3 Å². The molecule has 7 aromatic rings. The molecule has 9 rings (SSSR count). The third kappa shape index (κ3) is 3.77. The Morgan fingerprint density at radius 3 is 1.90 bits per heavy atom. The van der Waals surface area contributed by atoms with Gasteiger partial charge in [-0.15, -0.1) is 47.5 Å². The van der Waals surface area contributed by atoms with Gasteiger partial charge in [-0.05, 0) is 23.9 Å². The maximum absolute atomic E-state index is 4.97. The number of thiazole rings is 1. The van der Waals surface area contributed by atoms with E-state index in [-0.39, 0.29) is 27.9 Å². The van der Waals surface area contributed by atoms with E-state index < -0.39 is 0 Å². The molecule has 2 aromatic heterocycles. The summed E-state index contributed by atoms with van der Waals surface area (Å²) in [7, 11) is 0. The second-order valence-corrected chi connectivity index (χ2v) is 11.4. The molecule has 0 amide bonds. The van der Waals surface area contributed by atoms with E-state index in [2.05, 4.69) is 113 Å². The number of rotatable bonds is 2. The summed E-state index contributed by atoms with van der Waals surface area (Å²) in [6, 6.07) is 48.3. The van der Waals surface area contributed by atoms with Crippen molar-refractivity contribution in [2.24, 2.45) is 0 Å². The zero-order valence-electron chi connectivity index (χ0n) is 22.2. The van der Waals surface area contributed by atoms with Crippen molar-refractivity contribution in [2.45, 2.75) is 0 Å².